The average Bonchev–Trinajstić information content (AvgIpc) is 1.96. The second kappa shape index (κ2) is 5.32. The molecule has 0 amide bonds. The predicted molar refractivity (Wildman–Crippen MR) is 57.0 cm³/mol. The van der Waals surface area contributed by atoms with Crippen molar-refractivity contribution < 1.29 is 9.53 Å². The minimum absolute atomic E-state index is 0.320. The van der Waals surface area contributed by atoms with E-state index in [9.17, 15) is 4.79 Å². The number of ether oxygens (including phenoxy) is 1. The van der Waals surface area contributed by atoms with Gasteiger partial charge in [-0.3, -0.25) is 4.79 Å². The summed E-state index contributed by atoms with van der Waals surface area (Å²) in [6, 6.07) is -0.517. The normalized spacial score (nSPS) is 14.2. The Balaban J connectivity index is 3.88. The van der Waals surface area contributed by atoms with Crippen molar-refractivity contribution in [2.75, 3.05) is 20.6 Å². The summed E-state index contributed by atoms with van der Waals surface area (Å²) in [6.45, 7) is 6.30. The maximum Gasteiger partial charge on any atom is 0.323 e. The molecule has 2 N–H and O–H groups in total. The maximum absolute atomic E-state index is 11.4. The van der Waals surface area contributed by atoms with Gasteiger partial charge in [-0.1, -0.05) is 0 Å². The van der Waals surface area contributed by atoms with Crippen LogP contribution in [-0.2, 0) is 9.53 Å². The van der Waals surface area contributed by atoms with Crippen LogP contribution in [0.25, 0.3) is 0 Å². The van der Waals surface area contributed by atoms with Crippen LogP contribution in [0.3, 0.4) is 0 Å². The van der Waals surface area contributed by atoms with Crippen molar-refractivity contribution >= 4 is 5.97 Å². The summed E-state index contributed by atoms with van der Waals surface area (Å²) in [5.74, 6) is -0.320. The smallest absolute Gasteiger partial charge is 0.323 e. The van der Waals surface area contributed by atoms with Gasteiger partial charge in [-0.05, 0) is 47.8 Å². The minimum Gasteiger partial charge on any atom is -0.459 e. The molecule has 0 aliphatic carbocycles. The Morgan fingerprint density at radius 1 is 1.43 bits per heavy atom. The van der Waals surface area contributed by atoms with Gasteiger partial charge in [-0.15, -0.1) is 0 Å². The van der Waals surface area contributed by atoms with Crippen molar-refractivity contribution in [3.63, 3.8) is 0 Å². The summed E-state index contributed by atoms with van der Waals surface area (Å²) in [4.78, 5) is 13.4. The molecule has 0 aromatic heterocycles. The van der Waals surface area contributed by atoms with Gasteiger partial charge in [0.2, 0.25) is 0 Å². The lowest BCUT2D eigenvalue weighted by Gasteiger charge is -2.22. The van der Waals surface area contributed by atoms with Crippen LogP contribution in [-0.4, -0.2) is 43.2 Å². The molecule has 0 rings (SSSR count). The number of carbonyl (C=O) groups is 1. The predicted octanol–water partition coefficient (Wildman–Crippen LogP) is 0.607. The van der Waals surface area contributed by atoms with E-state index in [0.29, 0.717) is 6.42 Å². The molecule has 0 saturated carbocycles. The lowest BCUT2D eigenvalue weighted by atomic mass is 10.1. The molecule has 1 atom stereocenters. The average molecular weight is 202 g/mol. The lowest BCUT2D eigenvalue weighted by Crippen LogP contribution is -2.39. The van der Waals surface area contributed by atoms with Crippen molar-refractivity contribution in [1.82, 2.24) is 4.90 Å². The van der Waals surface area contributed by atoms with Crippen LogP contribution in [0.4, 0.5) is 0 Å². The van der Waals surface area contributed by atoms with Crippen LogP contribution in [0.15, 0.2) is 0 Å². The zero-order valence-electron chi connectivity index (χ0n) is 9.83. The Bertz CT molecular complexity index is 185. The van der Waals surface area contributed by atoms with Gasteiger partial charge < -0.3 is 15.4 Å². The SMILES string of the molecule is CN(C)CCC(N)C(=O)OC(C)(C)C. The summed E-state index contributed by atoms with van der Waals surface area (Å²) in [6.07, 6.45) is 0.627. The Morgan fingerprint density at radius 3 is 2.29 bits per heavy atom. The van der Waals surface area contributed by atoms with Gasteiger partial charge >= 0.3 is 5.97 Å². The van der Waals surface area contributed by atoms with Gasteiger partial charge in [0.05, 0.1) is 0 Å². The second-order valence-electron chi connectivity index (χ2n) is 4.73. The minimum atomic E-state index is -0.517. The third kappa shape index (κ3) is 6.86. The largest absolute Gasteiger partial charge is 0.459 e. The molecular weight excluding hydrogens is 180 g/mol. The van der Waals surface area contributed by atoms with Gasteiger partial charge in [0.15, 0.2) is 0 Å². The van der Waals surface area contributed by atoms with Gasteiger partial charge in [-0.2, -0.15) is 0 Å². The van der Waals surface area contributed by atoms with E-state index in [1.807, 2.05) is 39.8 Å². The van der Waals surface area contributed by atoms with E-state index in [4.69, 9.17) is 10.5 Å². The fraction of sp³-hybridized carbons (Fsp3) is 0.900. The fourth-order valence-electron chi connectivity index (χ4n) is 0.893. The molecule has 1 unspecified atom stereocenters. The van der Waals surface area contributed by atoms with Crippen LogP contribution < -0.4 is 5.73 Å². The van der Waals surface area contributed by atoms with Gasteiger partial charge in [0.25, 0.3) is 0 Å². The highest BCUT2D eigenvalue weighted by Gasteiger charge is 2.21. The van der Waals surface area contributed by atoms with Crippen molar-refractivity contribution in [2.24, 2.45) is 5.73 Å². The van der Waals surface area contributed by atoms with Crippen molar-refractivity contribution in [3.8, 4) is 0 Å². The van der Waals surface area contributed by atoms with E-state index >= 15 is 0 Å². The van der Waals surface area contributed by atoms with Gasteiger partial charge in [0, 0.05) is 0 Å². The molecular formula is C10H22N2O2. The number of nitrogens with zero attached hydrogens (tertiary/aromatic N) is 1. The number of hydrogen-bond acceptors (Lipinski definition) is 4. The van der Waals surface area contributed by atoms with Crippen LogP contribution in [0.1, 0.15) is 27.2 Å². The molecule has 0 spiro atoms. The molecule has 0 radical (unpaired) electrons. The van der Waals surface area contributed by atoms with E-state index in [1.165, 1.54) is 0 Å². The Labute approximate surface area is 86.4 Å². The monoisotopic (exact) mass is 202 g/mol. The van der Waals surface area contributed by atoms with Crippen LogP contribution in [0.5, 0.6) is 0 Å². The molecule has 0 aromatic carbocycles. The standard InChI is InChI=1S/C10H22N2O2/c1-10(2,3)14-9(13)8(11)6-7-12(4)5/h8H,6-7,11H2,1-5H3. The Hall–Kier alpha value is -0.610. The molecule has 0 bridgehead atoms. The highest BCUT2D eigenvalue weighted by Crippen LogP contribution is 2.08. The van der Waals surface area contributed by atoms with Crippen LogP contribution in [0, 0.1) is 0 Å². The van der Waals surface area contributed by atoms with E-state index in [0.717, 1.165) is 6.54 Å². The van der Waals surface area contributed by atoms with E-state index in [-0.39, 0.29) is 5.97 Å². The van der Waals surface area contributed by atoms with Crippen molar-refractivity contribution in [3.05, 3.63) is 0 Å². The summed E-state index contributed by atoms with van der Waals surface area (Å²) in [5, 5.41) is 0. The number of carbonyl (C=O) groups excluding carboxylic acids is 1. The molecule has 0 heterocycles. The third-order valence-corrected chi connectivity index (χ3v) is 1.60. The molecule has 0 fully saturated rings. The quantitative estimate of drug-likeness (QED) is 0.679. The molecule has 84 valence electrons. The summed E-state index contributed by atoms with van der Waals surface area (Å²) in [7, 11) is 3.89. The van der Waals surface area contributed by atoms with E-state index in [2.05, 4.69) is 0 Å². The van der Waals surface area contributed by atoms with E-state index in [1.54, 1.807) is 0 Å². The summed E-state index contributed by atoms with van der Waals surface area (Å²) in [5.41, 5.74) is 5.22. The number of hydrogen-bond donors (Lipinski definition) is 1. The second-order valence-corrected chi connectivity index (χ2v) is 4.73. The number of esters is 1. The number of nitrogens with two attached hydrogens (primary N) is 1. The first-order chi connectivity index (χ1) is 6.22. The van der Waals surface area contributed by atoms with Crippen LogP contribution >= 0.6 is 0 Å². The third-order valence-electron chi connectivity index (χ3n) is 1.60. The lowest BCUT2D eigenvalue weighted by molar-refractivity contribution is -0.156. The molecule has 4 nitrogen and oxygen atoms in total. The number of rotatable bonds is 4. The molecule has 0 saturated heterocycles. The maximum atomic E-state index is 11.4. The first-order valence-corrected chi connectivity index (χ1v) is 4.85. The first-order valence-electron chi connectivity index (χ1n) is 4.85. The molecule has 14 heavy (non-hydrogen) atoms. The zero-order valence-corrected chi connectivity index (χ0v) is 9.83. The van der Waals surface area contributed by atoms with Crippen molar-refractivity contribution in [1.29, 1.82) is 0 Å². The highest BCUT2D eigenvalue weighted by atomic mass is 16.6. The molecule has 0 aliphatic rings. The van der Waals surface area contributed by atoms with Crippen LogP contribution in [0.2, 0.25) is 0 Å². The van der Waals surface area contributed by atoms with Gasteiger partial charge in [-0.25, -0.2) is 0 Å². The topological polar surface area (TPSA) is 55.6 Å². The van der Waals surface area contributed by atoms with Crippen molar-refractivity contribution in [2.45, 2.75) is 38.8 Å². The zero-order chi connectivity index (χ0) is 11.4. The fourth-order valence-corrected chi connectivity index (χ4v) is 0.893. The Morgan fingerprint density at radius 2 is 1.93 bits per heavy atom. The summed E-state index contributed by atoms with van der Waals surface area (Å²) >= 11 is 0. The molecule has 0 aliphatic heterocycles. The summed E-state index contributed by atoms with van der Waals surface area (Å²) < 4.78 is 5.15. The highest BCUT2D eigenvalue weighted by molar-refractivity contribution is 5.75. The Kier molecular flexibility index (Phi) is 5.08. The molecule has 4 heteroatoms. The van der Waals surface area contributed by atoms with E-state index < -0.39 is 11.6 Å². The van der Waals surface area contributed by atoms with Gasteiger partial charge in [0.1, 0.15) is 11.6 Å². The molecule has 0 aromatic rings. The first kappa shape index (κ1) is 13.4.